The van der Waals surface area contributed by atoms with Crippen molar-refractivity contribution in [2.45, 2.75) is 26.0 Å². The smallest absolute Gasteiger partial charge is 0.142 e. The molecule has 1 aliphatic heterocycles. The van der Waals surface area contributed by atoms with E-state index in [0.717, 1.165) is 18.0 Å². The monoisotopic (exact) mass is 250 g/mol. The fourth-order valence-corrected chi connectivity index (χ4v) is 2.35. The summed E-state index contributed by atoms with van der Waals surface area (Å²) in [6.45, 7) is 6.96. The van der Waals surface area contributed by atoms with Crippen LogP contribution >= 0.6 is 0 Å². The van der Waals surface area contributed by atoms with Crippen molar-refractivity contribution < 1.29 is 9.84 Å². The number of rotatable bonds is 3. The maximum atomic E-state index is 9.91. The first-order valence-corrected chi connectivity index (χ1v) is 6.59. The highest BCUT2D eigenvalue weighted by atomic mass is 16.5. The van der Waals surface area contributed by atoms with Crippen molar-refractivity contribution in [2.24, 2.45) is 0 Å². The molecule has 4 heteroatoms. The number of ether oxygens (including phenoxy) is 1. The van der Waals surface area contributed by atoms with Crippen molar-refractivity contribution in [3.63, 3.8) is 0 Å². The van der Waals surface area contributed by atoms with Crippen LogP contribution in [0.3, 0.4) is 0 Å². The van der Waals surface area contributed by atoms with E-state index in [-0.39, 0.29) is 6.10 Å². The molecule has 1 aliphatic rings. The SMILES string of the molecule is CCOc1ccccc1N1CC(O)CNCC1C. The summed E-state index contributed by atoms with van der Waals surface area (Å²) in [6.07, 6.45) is -0.343. The maximum Gasteiger partial charge on any atom is 0.142 e. The zero-order valence-corrected chi connectivity index (χ0v) is 11.1. The number of β-amino-alcohol motifs (C(OH)–C–C–N with tert-alkyl or cyclic N) is 1. The van der Waals surface area contributed by atoms with Crippen LogP contribution in [0.15, 0.2) is 24.3 Å². The molecule has 0 spiro atoms. The third-order valence-corrected chi connectivity index (χ3v) is 3.23. The van der Waals surface area contributed by atoms with Crippen molar-refractivity contribution in [3.8, 4) is 5.75 Å². The molecule has 1 fully saturated rings. The minimum atomic E-state index is -0.343. The summed E-state index contributed by atoms with van der Waals surface area (Å²) in [5.74, 6) is 0.890. The van der Waals surface area contributed by atoms with Gasteiger partial charge < -0.3 is 20.1 Å². The van der Waals surface area contributed by atoms with E-state index in [1.807, 2.05) is 25.1 Å². The minimum Gasteiger partial charge on any atom is -0.492 e. The average Bonchev–Trinajstić information content (AvgIpc) is 2.52. The molecule has 0 amide bonds. The molecule has 0 radical (unpaired) electrons. The minimum absolute atomic E-state index is 0.337. The van der Waals surface area contributed by atoms with Crippen molar-refractivity contribution in [1.82, 2.24) is 5.32 Å². The highest BCUT2D eigenvalue weighted by Crippen LogP contribution is 2.30. The van der Waals surface area contributed by atoms with E-state index in [1.54, 1.807) is 0 Å². The second-order valence-electron chi connectivity index (χ2n) is 4.71. The zero-order chi connectivity index (χ0) is 13.0. The molecule has 0 bridgehead atoms. The third kappa shape index (κ3) is 2.94. The van der Waals surface area contributed by atoms with Crippen molar-refractivity contribution in [1.29, 1.82) is 0 Å². The van der Waals surface area contributed by atoms with Gasteiger partial charge in [-0.1, -0.05) is 12.1 Å². The lowest BCUT2D eigenvalue weighted by Gasteiger charge is -2.31. The van der Waals surface area contributed by atoms with Gasteiger partial charge in [-0.2, -0.15) is 0 Å². The topological polar surface area (TPSA) is 44.7 Å². The maximum absolute atomic E-state index is 9.91. The van der Waals surface area contributed by atoms with Gasteiger partial charge in [0.05, 0.1) is 18.4 Å². The van der Waals surface area contributed by atoms with Crippen LogP contribution in [0.2, 0.25) is 0 Å². The quantitative estimate of drug-likeness (QED) is 0.847. The lowest BCUT2D eigenvalue weighted by Crippen LogP contribution is -2.39. The first-order valence-electron chi connectivity index (χ1n) is 6.59. The molecule has 18 heavy (non-hydrogen) atoms. The van der Waals surface area contributed by atoms with Crippen LogP contribution in [0.1, 0.15) is 13.8 Å². The predicted molar refractivity (Wildman–Crippen MR) is 73.3 cm³/mol. The van der Waals surface area contributed by atoms with Crippen LogP contribution in [0.5, 0.6) is 5.75 Å². The summed E-state index contributed by atoms with van der Waals surface area (Å²) in [6, 6.07) is 8.36. The van der Waals surface area contributed by atoms with Gasteiger partial charge in [0.2, 0.25) is 0 Å². The van der Waals surface area contributed by atoms with Gasteiger partial charge in [0.15, 0.2) is 0 Å². The number of para-hydroxylation sites is 2. The van der Waals surface area contributed by atoms with Crippen LogP contribution in [-0.2, 0) is 0 Å². The molecule has 100 valence electrons. The number of hydrogen-bond acceptors (Lipinski definition) is 4. The Morgan fingerprint density at radius 3 is 2.94 bits per heavy atom. The van der Waals surface area contributed by atoms with E-state index in [4.69, 9.17) is 4.74 Å². The number of aliphatic hydroxyl groups is 1. The average molecular weight is 250 g/mol. The highest BCUT2D eigenvalue weighted by molar-refractivity contribution is 5.59. The van der Waals surface area contributed by atoms with Crippen LogP contribution < -0.4 is 15.0 Å². The van der Waals surface area contributed by atoms with E-state index in [2.05, 4.69) is 23.2 Å². The number of anilines is 1. The van der Waals surface area contributed by atoms with Gasteiger partial charge in [-0.25, -0.2) is 0 Å². The lowest BCUT2D eigenvalue weighted by atomic mass is 10.2. The Hall–Kier alpha value is -1.26. The molecule has 1 aromatic carbocycles. The molecule has 4 nitrogen and oxygen atoms in total. The summed E-state index contributed by atoms with van der Waals surface area (Å²) in [5, 5.41) is 13.2. The van der Waals surface area contributed by atoms with E-state index in [9.17, 15) is 5.11 Å². The third-order valence-electron chi connectivity index (χ3n) is 3.23. The first kappa shape index (κ1) is 13.2. The molecule has 0 aromatic heterocycles. The molecule has 2 rings (SSSR count). The van der Waals surface area contributed by atoms with E-state index in [1.165, 1.54) is 0 Å². The van der Waals surface area contributed by atoms with Crippen molar-refractivity contribution in [3.05, 3.63) is 24.3 Å². The summed E-state index contributed by atoms with van der Waals surface area (Å²) in [7, 11) is 0. The Morgan fingerprint density at radius 2 is 2.17 bits per heavy atom. The van der Waals surface area contributed by atoms with E-state index >= 15 is 0 Å². The zero-order valence-electron chi connectivity index (χ0n) is 11.1. The molecular formula is C14H22N2O2. The fraction of sp³-hybridized carbons (Fsp3) is 0.571. The Balaban J connectivity index is 2.27. The molecular weight excluding hydrogens is 228 g/mol. The standard InChI is InChI=1S/C14H22N2O2/c1-3-18-14-7-5-4-6-13(14)16-10-12(17)9-15-8-11(16)2/h4-7,11-12,15,17H,3,8-10H2,1-2H3. The van der Waals surface area contributed by atoms with Gasteiger partial charge >= 0.3 is 0 Å². The number of nitrogens with zero attached hydrogens (tertiary/aromatic N) is 1. The molecule has 2 unspecified atom stereocenters. The number of hydrogen-bond donors (Lipinski definition) is 2. The van der Waals surface area contributed by atoms with Gasteiger partial charge in [0.25, 0.3) is 0 Å². The molecule has 2 N–H and O–H groups in total. The van der Waals surface area contributed by atoms with Gasteiger partial charge in [-0.15, -0.1) is 0 Å². The Bertz CT molecular complexity index is 384. The van der Waals surface area contributed by atoms with Gasteiger partial charge in [-0.3, -0.25) is 0 Å². The molecule has 1 heterocycles. The Kier molecular flexibility index (Phi) is 4.44. The van der Waals surface area contributed by atoms with Crippen LogP contribution in [0, 0.1) is 0 Å². The number of nitrogens with one attached hydrogen (secondary N) is 1. The number of aliphatic hydroxyl groups excluding tert-OH is 1. The van der Waals surface area contributed by atoms with Gasteiger partial charge in [-0.05, 0) is 26.0 Å². The normalized spacial score (nSPS) is 24.7. The molecule has 0 aliphatic carbocycles. The van der Waals surface area contributed by atoms with Crippen LogP contribution in [0.25, 0.3) is 0 Å². The Morgan fingerprint density at radius 1 is 1.39 bits per heavy atom. The molecule has 1 saturated heterocycles. The predicted octanol–water partition coefficient (Wildman–Crippen LogP) is 1.24. The van der Waals surface area contributed by atoms with Crippen LogP contribution in [0.4, 0.5) is 5.69 Å². The second-order valence-corrected chi connectivity index (χ2v) is 4.71. The fourth-order valence-electron chi connectivity index (χ4n) is 2.35. The summed E-state index contributed by atoms with van der Waals surface area (Å²) < 4.78 is 5.67. The molecule has 1 aromatic rings. The second kappa shape index (κ2) is 6.07. The molecule has 2 atom stereocenters. The van der Waals surface area contributed by atoms with E-state index in [0.29, 0.717) is 25.7 Å². The van der Waals surface area contributed by atoms with Crippen LogP contribution in [-0.4, -0.2) is 43.5 Å². The lowest BCUT2D eigenvalue weighted by molar-refractivity contribution is 0.184. The summed E-state index contributed by atoms with van der Waals surface area (Å²) in [5.41, 5.74) is 1.06. The first-order chi connectivity index (χ1) is 8.72. The van der Waals surface area contributed by atoms with Gasteiger partial charge in [0.1, 0.15) is 5.75 Å². The molecule has 0 saturated carbocycles. The summed E-state index contributed by atoms with van der Waals surface area (Å²) >= 11 is 0. The Labute approximate surface area is 109 Å². The van der Waals surface area contributed by atoms with Gasteiger partial charge in [0, 0.05) is 25.7 Å². The van der Waals surface area contributed by atoms with Crippen molar-refractivity contribution >= 4 is 5.69 Å². The highest BCUT2D eigenvalue weighted by Gasteiger charge is 2.23. The number of benzene rings is 1. The largest absolute Gasteiger partial charge is 0.492 e. The summed E-state index contributed by atoms with van der Waals surface area (Å²) in [4.78, 5) is 2.22. The van der Waals surface area contributed by atoms with E-state index < -0.39 is 0 Å². The van der Waals surface area contributed by atoms with Crippen molar-refractivity contribution in [2.75, 3.05) is 31.1 Å².